The normalized spacial score (nSPS) is 10.9. The summed E-state index contributed by atoms with van der Waals surface area (Å²) in [5.41, 5.74) is 8.69. The molecule has 2 amide bonds. The Balaban J connectivity index is 1.73. The maximum atomic E-state index is 13.2. The van der Waals surface area contributed by atoms with Crippen LogP contribution in [0.5, 0.6) is 5.75 Å². The van der Waals surface area contributed by atoms with E-state index in [9.17, 15) is 14.0 Å². The van der Waals surface area contributed by atoms with Gasteiger partial charge in [-0.05, 0) is 56.3 Å². The molecule has 1 aromatic heterocycles. The number of nitrogens with one attached hydrogen (secondary N) is 1. The maximum Gasteiger partial charge on any atom is 0.248 e. The molecule has 0 saturated heterocycles. The van der Waals surface area contributed by atoms with Gasteiger partial charge in [0.15, 0.2) is 0 Å². The number of carbonyl (C=O) groups is 2. The highest BCUT2D eigenvalue weighted by atomic mass is 19.1. The number of para-hydroxylation sites is 2. The Kier molecular flexibility index (Phi) is 6.81. The Labute approximate surface area is 179 Å². The van der Waals surface area contributed by atoms with Crippen molar-refractivity contribution in [1.29, 1.82) is 0 Å². The van der Waals surface area contributed by atoms with Crippen LogP contribution in [0.4, 0.5) is 10.1 Å². The summed E-state index contributed by atoms with van der Waals surface area (Å²) in [6.45, 7) is 3.84. The number of anilines is 1. The molecule has 0 saturated carbocycles. The van der Waals surface area contributed by atoms with Gasteiger partial charge in [0.25, 0.3) is 0 Å². The SMILES string of the molecule is Cc1nn(-c2ccc(F)cc2)c(C)c1C=CC(=O)Nc1ccccc1OCCC(N)=O. The molecule has 3 N–H and O–H groups in total. The van der Waals surface area contributed by atoms with Crippen molar-refractivity contribution in [2.45, 2.75) is 20.3 Å². The lowest BCUT2D eigenvalue weighted by Gasteiger charge is -2.10. The average Bonchev–Trinajstić information content (AvgIpc) is 3.01. The van der Waals surface area contributed by atoms with E-state index in [4.69, 9.17) is 10.5 Å². The molecule has 2 aromatic carbocycles. The zero-order valence-corrected chi connectivity index (χ0v) is 17.3. The lowest BCUT2D eigenvalue weighted by molar-refractivity contribution is -0.118. The molecule has 0 bridgehead atoms. The zero-order chi connectivity index (χ0) is 22.4. The Bertz CT molecular complexity index is 1120. The maximum absolute atomic E-state index is 13.2. The predicted molar refractivity (Wildman–Crippen MR) is 116 cm³/mol. The van der Waals surface area contributed by atoms with E-state index in [1.807, 2.05) is 13.8 Å². The van der Waals surface area contributed by atoms with Crippen LogP contribution < -0.4 is 15.8 Å². The van der Waals surface area contributed by atoms with Crippen LogP contribution in [0.25, 0.3) is 11.8 Å². The van der Waals surface area contributed by atoms with Crippen molar-refractivity contribution in [1.82, 2.24) is 9.78 Å². The molecular weight excluding hydrogens is 399 g/mol. The van der Waals surface area contributed by atoms with Crippen LogP contribution in [0.3, 0.4) is 0 Å². The van der Waals surface area contributed by atoms with E-state index in [1.54, 1.807) is 47.2 Å². The molecule has 0 spiro atoms. The molecule has 8 heteroatoms. The summed E-state index contributed by atoms with van der Waals surface area (Å²) < 4.78 is 20.4. The minimum absolute atomic E-state index is 0.0821. The minimum atomic E-state index is -0.462. The highest BCUT2D eigenvalue weighted by Gasteiger charge is 2.12. The van der Waals surface area contributed by atoms with Crippen molar-refractivity contribution in [2.75, 3.05) is 11.9 Å². The molecule has 0 unspecified atom stereocenters. The Morgan fingerprint density at radius 3 is 2.58 bits per heavy atom. The van der Waals surface area contributed by atoms with Crippen LogP contribution in [0, 0.1) is 19.7 Å². The fourth-order valence-corrected chi connectivity index (χ4v) is 3.02. The van der Waals surface area contributed by atoms with Gasteiger partial charge in [0.2, 0.25) is 11.8 Å². The summed E-state index contributed by atoms with van der Waals surface area (Å²) in [6.07, 6.45) is 3.18. The Hall–Kier alpha value is -3.94. The summed E-state index contributed by atoms with van der Waals surface area (Å²) in [6, 6.07) is 13.0. The molecule has 0 aliphatic carbocycles. The topological polar surface area (TPSA) is 99.2 Å². The summed E-state index contributed by atoms with van der Waals surface area (Å²) in [5, 5.41) is 7.25. The number of aryl methyl sites for hydroxylation is 1. The predicted octanol–water partition coefficient (Wildman–Crippen LogP) is 3.53. The largest absolute Gasteiger partial charge is 0.491 e. The summed E-state index contributed by atoms with van der Waals surface area (Å²) in [7, 11) is 0. The van der Waals surface area contributed by atoms with Gasteiger partial charge in [0.1, 0.15) is 11.6 Å². The van der Waals surface area contributed by atoms with Crippen LogP contribution in [-0.2, 0) is 9.59 Å². The van der Waals surface area contributed by atoms with Gasteiger partial charge >= 0.3 is 0 Å². The molecule has 31 heavy (non-hydrogen) atoms. The molecule has 0 radical (unpaired) electrons. The minimum Gasteiger partial charge on any atom is -0.491 e. The second kappa shape index (κ2) is 9.71. The molecular formula is C23H23FN4O3. The van der Waals surface area contributed by atoms with Crippen molar-refractivity contribution in [3.63, 3.8) is 0 Å². The van der Waals surface area contributed by atoms with E-state index >= 15 is 0 Å². The van der Waals surface area contributed by atoms with Gasteiger partial charge in [-0.3, -0.25) is 9.59 Å². The number of ether oxygens (including phenoxy) is 1. The second-order valence-corrected chi connectivity index (χ2v) is 6.86. The smallest absolute Gasteiger partial charge is 0.248 e. The van der Waals surface area contributed by atoms with Gasteiger partial charge in [0.05, 0.1) is 30.1 Å². The second-order valence-electron chi connectivity index (χ2n) is 6.86. The van der Waals surface area contributed by atoms with Gasteiger partial charge in [-0.2, -0.15) is 5.10 Å². The number of nitrogens with two attached hydrogens (primary N) is 1. The third-order valence-corrected chi connectivity index (χ3v) is 4.57. The average molecular weight is 422 g/mol. The van der Waals surface area contributed by atoms with Crippen molar-refractivity contribution >= 4 is 23.6 Å². The molecule has 0 fully saturated rings. The summed E-state index contributed by atoms with van der Waals surface area (Å²) in [5.74, 6) is -0.682. The van der Waals surface area contributed by atoms with Gasteiger partial charge in [-0.1, -0.05) is 12.1 Å². The number of halogens is 1. The van der Waals surface area contributed by atoms with Crippen LogP contribution in [0.2, 0.25) is 0 Å². The van der Waals surface area contributed by atoms with E-state index in [0.29, 0.717) is 11.4 Å². The Morgan fingerprint density at radius 1 is 1.16 bits per heavy atom. The van der Waals surface area contributed by atoms with Crippen molar-refractivity contribution < 1.29 is 18.7 Å². The van der Waals surface area contributed by atoms with Crippen molar-refractivity contribution in [3.05, 3.63) is 77.4 Å². The molecule has 0 atom stereocenters. The lowest BCUT2D eigenvalue weighted by Crippen LogP contribution is -2.15. The first kappa shape index (κ1) is 21.8. The molecule has 0 aliphatic rings. The van der Waals surface area contributed by atoms with Gasteiger partial charge in [-0.15, -0.1) is 0 Å². The van der Waals surface area contributed by atoms with Crippen LogP contribution in [-0.4, -0.2) is 28.2 Å². The number of hydrogen-bond acceptors (Lipinski definition) is 4. The standard InChI is InChI=1S/C23H23FN4O3/c1-15-19(16(2)28(27-15)18-9-7-17(24)8-10-18)11-12-23(30)26-20-5-3-4-6-21(20)31-14-13-22(25)29/h3-12H,13-14H2,1-2H3,(H2,25,29)(H,26,30). The van der Waals surface area contributed by atoms with Crippen LogP contribution in [0.15, 0.2) is 54.6 Å². The summed E-state index contributed by atoms with van der Waals surface area (Å²) in [4.78, 5) is 23.3. The number of nitrogens with zero attached hydrogens (tertiary/aromatic N) is 2. The van der Waals surface area contributed by atoms with Gasteiger partial charge < -0.3 is 15.8 Å². The molecule has 7 nitrogen and oxygen atoms in total. The monoisotopic (exact) mass is 422 g/mol. The van der Waals surface area contributed by atoms with E-state index < -0.39 is 5.91 Å². The summed E-state index contributed by atoms with van der Waals surface area (Å²) >= 11 is 0. The van der Waals surface area contributed by atoms with Crippen LogP contribution in [0.1, 0.15) is 23.4 Å². The fourth-order valence-electron chi connectivity index (χ4n) is 3.02. The number of hydrogen-bond donors (Lipinski definition) is 2. The highest BCUT2D eigenvalue weighted by Crippen LogP contribution is 2.24. The number of aromatic nitrogens is 2. The highest BCUT2D eigenvalue weighted by molar-refractivity contribution is 6.02. The number of amides is 2. The van der Waals surface area contributed by atoms with E-state index in [1.165, 1.54) is 18.2 Å². The fraction of sp³-hybridized carbons (Fsp3) is 0.174. The first-order valence-electron chi connectivity index (χ1n) is 9.66. The van der Waals surface area contributed by atoms with Gasteiger partial charge in [0, 0.05) is 17.3 Å². The zero-order valence-electron chi connectivity index (χ0n) is 17.3. The third kappa shape index (κ3) is 5.57. The Morgan fingerprint density at radius 2 is 1.87 bits per heavy atom. The molecule has 3 aromatic rings. The number of primary amides is 1. The van der Waals surface area contributed by atoms with E-state index in [-0.39, 0.29) is 24.8 Å². The quantitative estimate of drug-likeness (QED) is 0.543. The molecule has 3 rings (SSSR count). The van der Waals surface area contributed by atoms with Crippen molar-refractivity contribution in [2.24, 2.45) is 5.73 Å². The van der Waals surface area contributed by atoms with E-state index in [2.05, 4.69) is 10.4 Å². The molecule has 160 valence electrons. The van der Waals surface area contributed by atoms with Crippen molar-refractivity contribution in [3.8, 4) is 11.4 Å². The number of carbonyl (C=O) groups excluding carboxylic acids is 2. The molecule has 0 aliphatic heterocycles. The number of benzene rings is 2. The first-order valence-corrected chi connectivity index (χ1v) is 9.66. The molecule has 1 heterocycles. The third-order valence-electron chi connectivity index (χ3n) is 4.57. The first-order chi connectivity index (χ1) is 14.8. The van der Waals surface area contributed by atoms with Gasteiger partial charge in [-0.25, -0.2) is 9.07 Å². The number of rotatable bonds is 8. The van der Waals surface area contributed by atoms with E-state index in [0.717, 1.165) is 22.6 Å². The lowest BCUT2D eigenvalue weighted by atomic mass is 10.2. The van der Waals surface area contributed by atoms with Crippen LogP contribution >= 0.6 is 0 Å².